The molecule has 180 valence electrons. The topological polar surface area (TPSA) is 92.4 Å². The fraction of sp³-hybridized carbons (Fsp3) is 0.370. The van der Waals surface area contributed by atoms with Crippen molar-refractivity contribution in [3.05, 3.63) is 59.9 Å². The molecule has 8 nitrogen and oxygen atoms in total. The second kappa shape index (κ2) is 9.80. The maximum Gasteiger partial charge on any atom is 0.414 e. The average molecular weight is 472 g/mol. The molecule has 2 aromatic carbocycles. The zero-order valence-corrected chi connectivity index (χ0v) is 20.0. The van der Waals surface area contributed by atoms with Crippen LogP contribution in [0.15, 0.2) is 48.8 Å². The Kier molecular flexibility index (Phi) is 6.43. The van der Waals surface area contributed by atoms with Crippen LogP contribution in [0.25, 0.3) is 11.1 Å². The van der Waals surface area contributed by atoms with E-state index in [1.165, 1.54) is 7.11 Å². The summed E-state index contributed by atoms with van der Waals surface area (Å²) in [5, 5.41) is 17.2. The number of fused-ring (bicyclic) bond motifs is 1. The third-order valence-corrected chi connectivity index (χ3v) is 6.92. The van der Waals surface area contributed by atoms with E-state index in [-0.39, 0.29) is 12.1 Å². The van der Waals surface area contributed by atoms with Gasteiger partial charge in [0.25, 0.3) is 0 Å². The normalized spacial score (nSPS) is 18.0. The Labute approximate surface area is 205 Å². The highest BCUT2D eigenvalue weighted by Gasteiger charge is 2.32. The molecule has 1 N–H and O–H groups in total. The second-order valence-corrected chi connectivity index (χ2v) is 9.10. The van der Waals surface area contributed by atoms with Crippen molar-refractivity contribution in [1.29, 1.82) is 5.26 Å². The average Bonchev–Trinajstić information content (AvgIpc) is 3.39. The molecule has 0 aliphatic carbocycles. The lowest BCUT2D eigenvalue weighted by Crippen LogP contribution is -2.42. The van der Waals surface area contributed by atoms with Crippen LogP contribution >= 0.6 is 0 Å². The van der Waals surface area contributed by atoms with Crippen molar-refractivity contribution in [2.75, 3.05) is 25.1 Å². The first-order chi connectivity index (χ1) is 17.1. The van der Waals surface area contributed by atoms with Gasteiger partial charge in [0.2, 0.25) is 0 Å². The molecule has 8 heteroatoms. The van der Waals surface area contributed by atoms with Crippen LogP contribution in [0.3, 0.4) is 0 Å². The number of nitrogens with one attached hydrogen (secondary N) is 1. The van der Waals surface area contributed by atoms with E-state index >= 15 is 0 Å². The Morgan fingerprint density at radius 3 is 2.63 bits per heavy atom. The summed E-state index contributed by atoms with van der Waals surface area (Å²) in [7, 11) is 1.40. The number of carbonyl (C=O) groups excluding carboxylic acids is 1. The van der Waals surface area contributed by atoms with Crippen LogP contribution in [0, 0.1) is 11.3 Å². The molecule has 0 spiro atoms. The van der Waals surface area contributed by atoms with Gasteiger partial charge in [-0.2, -0.15) is 10.4 Å². The summed E-state index contributed by atoms with van der Waals surface area (Å²) in [4.78, 5) is 14.3. The maximum absolute atomic E-state index is 12.6. The van der Waals surface area contributed by atoms with Crippen molar-refractivity contribution < 1.29 is 14.3 Å². The van der Waals surface area contributed by atoms with E-state index in [2.05, 4.69) is 27.4 Å². The fourth-order valence-electron chi connectivity index (χ4n) is 4.99. The minimum absolute atomic E-state index is 0.0197. The summed E-state index contributed by atoms with van der Waals surface area (Å²) < 4.78 is 13.6. The maximum atomic E-state index is 12.6. The van der Waals surface area contributed by atoms with Gasteiger partial charge in [0.1, 0.15) is 11.5 Å². The molecule has 3 heterocycles. The lowest BCUT2D eigenvalue weighted by Gasteiger charge is -2.35. The number of amides is 1. The molecular weight excluding hydrogens is 442 g/mol. The Hall–Kier alpha value is -3.83. The molecule has 1 atom stereocenters. The van der Waals surface area contributed by atoms with E-state index < -0.39 is 0 Å². The van der Waals surface area contributed by atoms with Crippen molar-refractivity contribution in [2.24, 2.45) is 0 Å². The SMILES string of the molecule is COC(=O)N1c2ccc(-c3cnn(C4CCNCC4)c3)c(Oc3ccc(C#N)cc3)c2CC[C@@H]1C. The van der Waals surface area contributed by atoms with Crippen LogP contribution in [0.1, 0.15) is 43.4 Å². The van der Waals surface area contributed by atoms with Gasteiger partial charge < -0.3 is 14.8 Å². The van der Waals surface area contributed by atoms with Crippen LogP contribution in [-0.4, -0.2) is 42.1 Å². The van der Waals surface area contributed by atoms with Crippen LogP contribution in [0.4, 0.5) is 10.5 Å². The lowest BCUT2D eigenvalue weighted by atomic mass is 9.92. The molecule has 1 fully saturated rings. The standard InChI is InChI=1S/C27H29N5O3/c1-18-3-8-24-25(32(18)27(33)34-2)10-9-23(26(24)35-22-6-4-19(15-28)5-7-22)20-16-30-31(17-20)21-11-13-29-14-12-21/h4-7,9-10,16-18,21,29H,3,8,11-14H2,1-2H3/t18-/m0/s1. The summed E-state index contributed by atoms with van der Waals surface area (Å²) in [6.45, 7) is 4.01. The highest BCUT2D eigenvalue weighted by molar-refractivity contribution is 5.92. The smallest absolute Gasteiger partial charge is 0.414 e. The number of carbonyl (C=O) groups is 1. The Morgan fingerprint density at radius 2 is 1.91 bits per heavy atom. The molecule has 1 amide bonds. The summed E-state index contributed by atoms with van der Waals surface area (Å²) in [5.41, 5.74) is 4.23. The predicted octanol–water partition coefficient (Wildman–Crippen LogP) is 5.05. The summed E-state index contributed by atoms with van der Waals surface area (Å²) in [5.74, 6) is 1.34. The van der Waals surface area contributed by atoms with Crippen LogP contribution in [0.5, 0.6) is 11.5 Å². The number of anilines is 1. The van der Waals surface area contributed by atoms with Gasteiger partial charge in [-0.1, -0.05) is 0 Å². The zero-order chi connectivity index (χ0) is 24.4. The van der Waals surface area contributed by atoms with E-state index in [0.29, 0.717) is 23.1 Å². The Morgan fingerprint density at radius 1 is 1.14 bits per heavy atom. The number of ether oxygens (including phenoxy) is 2. The first-order valence-corrected chi connectivity index (χ1v) is 12.1. The van der Waals surface area contributed by atoms with Gasteiger partial charge in [-0.25, -0.2) is 4.79 Å². The van der Waals surface area contributed by atoms with E-state index in [1.807, 2.05) is 25.3 Å². The minimum atomic E-state index is -0.380. The molecule has 5 rings (SSSR count). The van der Waals surface area contributed by atoms with Crippen LogP contribution in [0.2, 0.25) is 0 Å². The number of nitriles is 1. The third-order valence-electron chi connectivity index (χ3n) is 6.92. The van der Waals surface area contributed by atoms with Crippen molar-refractivity contribution >= 4 is 11.8 Å². The number of methoxy groups -OCH3 is 1. The van der Waals surface area contributed by atoms with E-state index in [1.54, 1.807) is 29.2 Å². The molecule has 2 aliphatic rings. The van der Waals surface area contributed by atoms with Crippen molar-refractivity contribution in [1.82, 2.24) is 15.1 Å². The van der Waals surface area contributed by atoms with E-state index in [4.69, 9.17) is 14.7 Å². The zero-order valence-electron chi connectivity index (χ0n) is 20.0. The number of rotatable bonds is 4. The second-order valence-electron chi connectivity index (χ2n) is 9.10. The molecule has 0 bridgehead atoms. The molecular formula is C27H29N5O3. The first kappa shape index (κ1) is 22.9. The summed E-state index contributed by atoms with van der Waals surface area (Å²) in [6, 6.07) is 13.6. The molecule has 0 saturated carbocycles. The highest BCUT2D eigenvalue weighted by atomic mass is 16.5. The van der Waals surface area contributed by atoms with Gasteiger partial charge >= 0.3 is 6.09 Å². The van der Waals surface area contributed by atoms with Crippen LogP contribution in [-0.2, 0) is 11.2 Å². The Bertz CT molecular complexity index is 1250. The highest BCUT2D eigenvalue weighted by Crippen LogP contribution is 2.45. The number of hydrogen-bond acceptors (Lipinski definition) is 6. The number of aromatic nitrogens is 2. The van der Waals surface area contributed by atoms with Crippen molar-refractivity contribution in [2.45, 2.75) is 44.7 Å². The van der Waals surface area contributed by atoms with Gasteiger partial charge in [-0.15, -0.1) is 0 Å². The third kappa shape index (κ3) is 4.47. The summed E-state index contributed by atoms with van der Waals surface area (Å²) >= 11 is 0. The van der Waals surface area contributed by atoms with Gasteiger partial charge in [-0.05, 0) is 82.1 Å². The Balaban J connectivity index is 1.59. The molecule has 0 unspecified atom stereocenters. The molecule has 0 radical (unpaired) electrons. The number of benzene rings is 2. The molecule has 1 saturated heterocycles. The summed E-state index contributed by atoms with van der Waals surface area (Å²) in [6.07, 6.45) is 7.26. The van der Waals surface area contributed by atoms with Gasteiger partial charge in [0, 0.05) is 28.9 Å². The monoisotopic (exact) mass is 471 g/mol. The minimum Gasteiger partial charge on any atom is -0.456 e. The van der Waals surface area contributed by atoms with E-state index in [9.17, 15) is 4.79 Å². The lowest BCUT2D eigenvalue weighted by molar-refractivity contribution is 0.175. The molecule has 1 aromatic heterocycles. The number of piperidine rings is 1. The fourth-order valence-corrected chi connectivity index (χ4v) is 4.99. The molecule has 2 aliphatic heterocycles. The van der Waals surface area contributed by atoms with E-state index in [0.717, 1.165) is 61.2 Å². The van der Waals surface area contributed by atoms with Gasteiger partial charge in [0.05, 0.1) is 36.7 Å². The number of hydrogen-bond donors (Lipinski definition) is 1. The predicted molar refractivity (Wildman–Crippen MR) is 133 cm³/mol. The van der Waals surface area contributed by atoms with Crippen LogP contribution < -0.4 is 15.0 Å². The number of nitrogens with zero attached hydrogens (tertiary/aromatic N) is 4. The quantitative estimate of drug-likeness (QED) is 0.573. The first-order valence-electron chi connectivity index (χ1n) is 12.1. The van der Waals surface area contributed by atoms with Crippen molar-refractivity contribution in [3.8, 4) is 28.7 Å². The van der Waals surface area contributed by atoms with Gasteiger partial charge in [-0.3, -0.25) is 9.58 Å². The largest absolute Gasteiger partial charge is 0.456 e. The van der Waals surface area contributed by atoms with Crippen molar-refractivity contribution in [3.63, 3.8) is 0 Å². The molecule has 3 aromatic rings. The molecule has 35 heavy (non-hydrogen) atoms. The van der Waals surface area contributed by atoms with Gasteiger partial charge in [0.15, 0.2) is 0 Å².